The van der Waals surface area contributed by atoms with Crippen molar-refractivity contribution in [3.8, 4) is 0 Å². The fourth-order valence-electron chi connectivity index (χ4n) is 17.9. The maximum Gasteiger partial charge on any atom is 0.335 e. The molecule has 4 saturated carbocycles. The number of aliphatic hydroxyl groups is 12. The summed E-state index contributed by atoms with van der Waals surface area (Å²) in [5.41, 5.74) is -3.54. The molecule has 0 aromatic carbocycles. The van der Waals surface area contributed by atoms with Gasteiger partial charge in [0.15, 0.2) is 37.4 Å². The van der Waals surface area contributed by atoms with Gasteiger partial charge in [-0.05, 0) is 105 Å². The molecule has 4 heterocycles. The molecule has 0 aromatic rings. The zero-order chi connectivity index (χ0) is 67.3. The van der Waals surface area contributed by atoms with Crippen molar-refractivity contribution >= 4 is 23.9 Å². The number of allylic oxidation sites excluding steroid dienone is 3. The van der Waals surface area contributed by atoms with Crippen LogP contribution in [-0.2, 0) is 71.3 Å². The molecular formula is C63H98O28. The Morgan fingerprint density at radius 2 is 1.19 bits per heavy atom. The average molecular weight is 1300 g/mol. The van der Waals surface area contributed by atoms with Crippen molar-refractivity contribution in [2.45, 2.75) is 275 Å². The first-order valence-corrected chi connectivity index (χ1v) is 31.8. The van der Waals surface area contributed by atoms with E-state index in [1.54, 1.807) is 19.9 Å². The smallest absolute Gasteiger partial charge is 0.335 e. The van der Waals surface area contributed by atoms with Crippen LogP contribution in [0.5, 0.6) is 0 Å². The normalized spacial score (nSPS) is 49.5. The zero-order valence-electron chi connectivity index (χ0n) is 53.8. The Bertz CT molecular complexity index is 2700. The highest BCUT2D eigenvalue weighted by Crippen LogP contribution is 2.76. The maximum atomic E-state index is 13.9. The molecule has 0 amide bonds. The summed E-state index contributed by atoms with van der Waals surface area (Å²) < 4.78 is 67.4. The van der Waals surface area contributed by atoms with Gasteiger partial charge in [-0.15, -0.1) is 0 Å². The second kappa shape index (κ2) is 26.5. The monoisotopic (exact) mass is 1300 g/mol. The number of hydrogen-bond acceptors (Lipinski definition) is 27. The van der Waals surface area contributed by atoms with Gasteiger partial charge in [0.1, 0.15) is 97.7 Å². The number of aliphatic hydroxyl groups excluding tert-OH is 12. The van der Waals surface area contributed by atoms with Gasteiger partial charge >= 0.3 is 23.9 Å². The van der Waals surface area contributed by atoms with Crippen LogP contribution in [0.3, 0.4) is 0 Å². The first-order chi connectivity index (χ1) is 42.4. The molecule has 0 spiro atoms. The molecule has 0 aromatic heterocycles. The van der Waals surface area contributed by atoms with Crippen molar-refractivity contribution in [3.63, 3.8) is 0 Å². The summed E-state index contributed by atoms with van der Waals surface area (Å²) in [6.45, 7) is 19.6. The van der Waals surface area contributed by atoms with E-state index >= 15 is 0 Å². The Morgan fingerprint density at radius 3 is 1.77 bits per heavy atom. The molecule has 9 aliphatic rings. The van der Waals surface area contributed by atoms with Crippen LogP contribution in [0.2, 0.25) is 0 Å². The second-order valence-electron chi connectivity index (χ2n) is 29.1. The van der Waals surface area contributed by atoms with E-state index in [1.807, 2.05) is 27.7 Å². The highest BCUT2D eigenvalue weighted by molar-refractivity contribution is 5.88. The van der Waals surface area contributed by atoms with E-state index in [4.69, 9.17) is 52.1 Å². The number of carbonyl (C=O) groups is 4. The molecule has 5 aliphatic carbocycles. The highest BCUT2D eigenvalue weighted by atomic mass is 16.8. The number of fused-ring (bicyclic) bond motifs is 7. The molecule has 28 nitrogen and oxygen atoms in total. The lowest BCUT2D eigenvalue weighted by Crippen LogP contribution is -2.73. The quantitative estimate of drug-likeness (QED) is 0.0294. The van der Waals surface area contributed by atoms with Gasteiger partial charge in [-0.1, -0.05) is 66.2 Å². The predicted octanol–water partition coefficient (Wildman–Crippen LogP) is -0.871. The Kier molecular flexibility index (Phi) is 20.9. The molecule has 91 heavy (non-hydrogen) atoms. The summed E-state index contributed by atoms with van der Waals surface area (Å²) in [7, 11) is 0. The van der Waals surface area contributed by atoms with Crippen LogP contribution >= 0.6 is 0 Å². The second-order valence-corrected chi connectivity index (χ2v) is 29.1. The van der Waals surface area contributed by atoms with Gasteiger partial charge in [-0.25, -0.2) is 9.59 Å². The van der Waals surface area contributed by atoms with Crippen LogP contribution < -0.4 is 0 Å². The third-order valence-electron chi connectivity index (χ3n) is 23.2. The number of esters is 3. The van der Waals surface area contributed by atoms with Crippen molar-refractivity contribution in [1.82, 2.24) is 0 Å². The lowest BCUT2D eigenvalue weighted by molar-refractivity contribution is -0.397. The fourth-order valence-corrected chi connectivity index (χ4v) is 17.9. The van der Waals surface area contributed by atoms with Crippen molar-refractivity contribution < 1.29 is 138 Å². The molecule has 9 rings (SSSR count). The number of carboxylic acids is 1. The minimum absolute atomic E-state index is 0.0606. The van der Waals surface area contributed by atoms with Crippen molar-refractivity contribution in [1.29, 1.82) is 0 Å². The Labute approximate surface area is 528 Å². The summed E-state index contributed by atoms with van der Waals surface area (Å²) in [6, 6.07) is 0. The summed E-state index contributed by atoms with van der Waals surface area (Å²) >= 11 is 0. The van der Waals surface area contributed by atoms with Crippen LogP contribution in [0.1, 0.15) is 128 Å². The SMILES string of the molecule is CC=C(C)C(=O)OC1C(OC(C)=O)C(C)(C)CC2C3=CCC4C5(C)CCC(OC6OC(C(=O)O)C(O)C(OC7OC(COC8OC(C)C(O)C(O)C8O)C(O)C(O)C7O)C6OC6OC(CO)C(O)C(O)C6O)C(C)(C)C5CCC4(C)C3(C)CC(OC(C)=O)C21CO. The first-order valence-electron chi connectivity index (χ1n) is 31.8. The van der Waals surface area contributed by atoms with Crippen molar-refractivity contribution in [3.05, 3.63) is 23.3 Å². The molecule has 8 fully saturated rings. The van der Waals surface area contributed by atoms with Gasteiger partial charge < -0.3 is 118 Å². The molecule has 31 atom stereocenters. The van der Waals surface area contributed by atoms with E-state index in [-0.39, 0.29) is 23.8 Å². The predicted molar refractivity (Wildman–Crippen MR) is 308 cm³/mol. The van der Waals surface area contributed by atoms with Gasteiger partial charge in [0.2, 0.25) is 0 Å². The zero-order valence-corrected chi connectivity index (χ0v) is 53.8. The standard InChI is InChI=1S/C63H98O28/c1-13-25(2)53(80)91-51-50(84-28(5)67)58(6,7)20-30-29-14-15-34-60(10)18-17-35(59(8,9)33(60)16-19-61(34,11)62(29,12)21-36(83-27(4)66)63(30,51)24-65)87-57-49(90-55-44(75)41(72)38(69)31(22-64)85-55)47(46(77)48(89-57)52(78)79)88-56-45(76)42(73)39(70)32(86-56)23-81-54-43(74)40(71)37(68)26(3)82-54/h13-14,26,30-51,54-57,64-65,68-77H,15-24H2,1-12H3,(H,78,79). The molecule has 518 valence electrons. The van der Waals surface area contributed by atoms with Crippen molar-refractivity contribution in [2.24, 2.45) is 50.2 Å². The molecule has 0 bridgehead atoms. The van der Waals surface area contributed by atoms with Gasteiger partial charge in [0, 0.05) is 24.8 Å². The molecule has 31 unspecified atom stereocenters. The topological polar surface area (TPSA) is 433 Å². The summed E-state index contributed by atoms with van der Waals surface area (Å²) in [5.74, 6) is -4.40. The number of aliphatic carboxylic acids is 1. The molecular weight excluding hydrogens is 1200 g/mol. The number of carbonyl (C=O) groups excluding carboxylic acids is 3. The van der Waals surface area contributed by atoms with Crippen LogP contribution in [0.15, 0.2) is 23.3 Å². The van der Waals surface area contributed by atoms with Gasteiger partial charge in [0.05, 0.1) is 37.4 Å². The minimum atomic E-state index is -2.27. The Balaban J connectivity index is 1.04. The summed E-state index contributed by atoms with van der Waals surface area (Å²) in [6.07, 6.45) is -34.6. The Morgan fingerprint density at radius 1 is 0.604 bits per heavy atom. The minimum Gasteiger partial charge on any atom is -0.479 e. The van der Waals surface area contributed by atoms with E-state index in [0.717, 1.165) is 5.57 Å². The average Bonchev–Trinajstić information content (AvgIpc) is 0.669. The van der Waals surface area contributed by atoms with Gasteiger partial charge in [-0.2, -0.15) is 0 Å². The molecule has 28 heteroatoms. The van der Waals surface area contributed by atoms with Crippen LogP contribution in [-0.4, -0.2) is 257 Å². The van der Waals surface area contributed by atoms with Crippen LogP contribution in [0.25, 0.3) is 0 Å². The largest absolute Gasteiger partial charge is 0.479 e. The fraction of sp³-hybridized carbons (Fsp3) is 0.873. The maximum absolute atomic E-state index is 13.9. The van der Waals surface area contributed by atoms with Crippen LogP contribution in [0.4, 0.5) is 0 Å². The Hall–Kier alpha value is -3.44. The van der Waals surface area contributed by atoms with E-state index in [2.05, 4.69) is 26.8 Å². The summed E-state index contributed by atoms with van der Waals surface area (Å²) in [4.78, 5) is 53.5. The van der Waals surface area contributed by atoms with E-state index < -0.39 is 229 Å². The highest BCUT2D eigenvalue weighted by Gasteiger charge is 2.75. The molecule has 4 aliphatic heterocycles. The van der Waals surface area contributed by atoms with Gasteiger partial charge in [0.25, 0.3) is 0 Å². The lowest BCUT2D eigenvalue weighted by Gasteiger charge is -2.72. The molecule has 4 saturated heterocycles. The number of rotatable bonds is 16. The lowest BCUT2D eigenvalue weighted by atomic mass is 9.33. The molecule has 13 N–H and O–H groups in total. The summed E-state index contributed by atoms with van der Waals surface area (Å²) in [5, 5.41) is 143. The third kappa shape index (κ3) is 12.3. The van der Waals surface area contributed by atoms with E-state index in [0.29, 0.717) is 38.5 Å². The number of carboxylic acid groups (broad SMARTS) is 1. The van der Waals surface area contributed by atoms with Crippen molar-refractivity contribution in [2.75, 3.05) is 19.8 Å². The van der Waals surface area contributed by atoms with Gasteiger partial charge in [-0.3, -0.25) is 9.59 Å². The molecule has 0 radical (unpaired) electrons. The number of ether oxygens (including phenoxy) is 11. The third-order valence-corrected chi connectivity index (χ3v) is 23.2. The van der Waals surface area contributed by atoms with Crippen LogP contribution in [0, 0.1) is 50.2 Å². The number of hydrogen-bond donors (Lipinski definition) is 13. The first kappa shape index (κ1) is 71.8. The van der Waals surface area contributed by atoms with E-state index in [9.17, 15) is 85.6 Å². The van der Waals surface area contributed by atoms with E-state index in [1.165, 1.54) is 20.8 Å².